The van der Waals surface area contributed by atoms with Crippen molar-refractivity contribution >= 4 is 6.09 Å². The molecule has 1 aromatic heterocycles. The largest absolute Gasteiger partial charge is 0.444 e. The molecule has 140 valence electrons. The van der Waals surface area contributed by atoms with Crippen LogP contribution in [0.15, 0.2) is 24.4 Å². The molecule has 0 bridgehead atoms. The maximum atomic E-state index is 12.4. The number of pyridine rings is 1. The van der Waals surface area contributed by atoms with Gasteiger partial charge in [0.2, 0.25) is 0 Å². The summed E-state index contributed by atoms with van der Waals surface area (Å²) in [5.41, 5.74) is 0.510. The van der Waals surface area contributed by atoms with E-state index >= 15 is 0 Å². The Labute approximate surface area is 151 Å². The van der Waals surface area contributed by atoms with Gasteiger partial charge in [-0.2, -0.15) is 0 Å². The lowest BCUT2D eigenvalue weighted by Crippen LogP contribution is -2.46. The lowest BCUT2D eigenvalue weighted by atomic mass is 9.98. The normalized spacial score (nSPS) is 19.5. The van der Waals surface area contributed by atoms with Gasteiger partial charge in [0.25, 0.3) is 0 Å². The zero-order chi connectivity index (χ0) is 18.3. The molecule has 2 heterocycles. The van der Waals surface area contributed by atoms with Crippen LogP contribution in [0.5, 0.6) is 0 Å². The monoisotopic (exact) mass is 348 g/mol. The first kappa shape index (κ1) is 19.7. The molecular formula is C20H32N2O3. The Bertz CT molecular complexity index is 527. The van der Waals surface area contributed by atoms with E-state index in [9.17, 15) is 4.79 Å². The molecule has 5 nitrogen and oxygen atoms in total. The number of nitrogens with zero attached hydrogens (tertiary/aromatic N) is 2. The molecule has 0 saturated carbocycles. The number of carbonyl (C=O) groups excluding carboxylic acids is 1. The minimum atomic E-state index is -0.444. The number of ether oxygens (including phenoxy) is 2. The van der Waals surface area contributed by atoms with Crippen molar-refractivity contribution in [2.75, 3.05) is 13.2 Å². The second kappa shape index (κ2) is 9.18. The summed E-state index contributed by atoms with van der Waals surface area (Å²) in [4.78, 5) is 18.7. The van der Waals surface area contributed by atoms with Crippen LogP contribution < -0.4 is 0 Å². The maximum absolute atomic E-state index is 12.4. The third-order valence-electron chi connectivity index (χ3n) is 4.41. The van der Waals surface area contributed by atoms with Gasteiger partial charge in [0.05, 0.1) is 11.8 Å². The van der Waals surface area contributed by atoms with Crippen molar-refractivity contribution in [1.82, 2.24) is 9.88 Å². The molecule has 0 spiro atoms. The van der Waals surface area contributed by atoms with Gasteiger partial charge in [-0.25, -0.2) is 4.79 Å². The second-order valence-corrected chi connectivity index (χ2v) is 7.73. The van der Waals surface area contributed by atoms with E-state index < -0.39 is 5.60 Å². The zero-order valence-electron chi connectivity index (χ0n) is 16.0. The first-order valence-corrected chi connectivity index (χ1v) is 9.39. The fraction of sp³-hybridized carbons (Fsp3) is 0.700. The smallest absolute Gasteiger partial charge is 0.410 e. The molecule has 1 aliphatic heterocycles. The van der Waals surface area contributed by atoms with Crippen LogP contribution >= 0.6 is 0 Å². The highest BCUT2D eigenvalue weighted by Gasteiger charge is 2.30. The number of aromatic nitrogens is 1. The Morgan fingerprint density at radius 2 is 2.16 bits per heavy atom. The summed E-state index contributed by atoms with van der Waals surface area (Å²) in [6, 6.07) is 6.13. The van der Waals surface area contributed by atoms with Gasteiger partial charge < -0.3 is 14.4 Å². The molecule has 1 fully saturated rings. The van der Waals surface area contributed by atoms with Gasteiger partial charge in [-0.15, -0.1) is 0 Å². The zero-order valence-corrected chi connectivity index (χ0v) is 16.0. The minimum absolute atomic E-state index is 0.00508. The van der Waals surface area contributed by atoms with Gasteiger partial charge in [0.1, 0.15) is 5.60 Å². The van der Waals surface area contributed by atoms with Crippen molar-refractivity contribution in [3.8, 4) is 0 Å². The summed E-state index contributed by atoms with van der Waals surface area (Å²) in [5.74, 6) is 0. The summed E-state index contributed by atoms with van der Waals surface area (Å²) < 4.78 is 11.5. The molecule has 0 radical (unpaired) electrons. The van der Waals surface area contributed by atoms with Crippen molar-refractivity contribution in [1.29, 1.82) is 0 Å². The van der Waals surface area contributed by atoms with E-state index in [-0.39, 0.29) is 18.2 Å². The Kier molecular flexibility index (Phi) is 7.24. The van der Waals surface area contributed by atoms with E-state index in [4.69, 9.17) is 9.47 Å². The minimum Gasteiger partial charge on any atom is -0.444 e. The van der Waals surface area contributed by atoms with Gasteiger partial charge in [-0.3, -0.25) is 4.98 Å². The highest BCUT2D eigenvalue weighted by Crippen LogP contribution is 2.24. The van der Waals surface area contributed by atoms with E-state index in [0.29, 0.717) is 6.61 Å². The topological polar surface area (TPSA) is 51.7 Å². The van der Waals surface area contributed by atoms with Crippen LogP contribution in [0.1, 0.15) is 71.6 Å². The standard InChI is InChI=1S/C20H32N2O3/c1-16(18-12-5-7-13-21-18)24-15-9-11-17-10-6-8-14-22(17)19(23)25-20(2,3)4/h5,7,12-13,16-17H,6,8-11,14-15H2,1-4H3/t16-,17-/m0/s1. The van der Waals surface area contributed by atoms with E-state index in [0.717, 1.165) is 37.9 Å². The molecule has 5 heteroatoms. The molecule has 0 aromatic carbocycles. The molecule has 25 heavy (non-hydrogen) atoms. The molecule has 1 aromatic rings. The van der Waals surface area contributed by atoms with Crippen molar-refractivity contribution in [2.24, 2.45) is 0 Å². The molecule has 0 aliphatic carbocycles. The molecule has 1 saturated heterocycles. The summed E-state index contributed by atoms with van der Waals surface area (Å²) in [7, 11) is 0. The third kappa shape index (κ3) is 6.65. The van der Waals surface area contributed by atoms with E-state index in [2.05, 4.69) is 4.98 Å². The fourth-order valence-corrected chi connectivity index (χ4v) is 3.14. The van der Waals surface area contributed by atoms with E-state index in [1.807, 2.05) is 50.8 Å². The van der Waals surface area contributed by atoms with Crippen molar-refractivity contribution < 1.29 is 14.3 Å². The van der Waals surface area contributed by atoms with Crippen molar-refractivity contribution in [3.05, 3.63) is 30.1 Å². The molecule has 1 aliphatic rings. The quantitative estimate of drug-likeness (QED) is 0.698. The number of piperidine rings is 1. The number of hydrogen-bond donors (Lipinski definition) is 0. The van der Waals surface area contributed by atoms with Crippen LogP contribution in [0.3, 0.4) is 0 Å². The van der Waals surface area contributed by atoms with Gasteiger partial charge in [-0.05, 0) is 71.9 Å². The fourth-order valence-electron chi connectivity index (χ4n) is 3.14. The highest BCUT2D eigenvalue weighted by atomic mass is 16.6. The molecule has 1 amide bonds. The summed E-state index contributed by atoms with van der Waals surface area (Å²) >= 11 is 0. The van der Waals surface area contributed by atoms with Gasteiger partial charge in [0, 0.05) is 25.4 Å². The Hall–Kier alpha value is -1.62. The van der Waals surface area contributed by atoms with Crippen LogP contribution in [0.25, 0.3) is 0 Å². The molecule has 0 N–H and O–H groups in total. The lowest BCUT2D eigenvalue weighted by molar-refractivity contribution is 0.00581. The number of amides is 1. The molecular weight excluding hydrogens is 316 g/mol. The maximum Gasteiger partial charge on any atom is 0.410 e. The number of carbonyl (C=O) groups is 1. The van der Waals surface area contributed by atoms with Crippen LogP contribution in [0.2, 0.25) is 0 Å². The number of hydrogen-bond acceptors (Lipinski definition) is 4. The summed E-state index contributed by atoms with van der Waals surface area (Å²) in [6.45, 7) is 9.24. The highest BCUT2D eigenvalue weighted by molar-refractivity contribution is 5.68. The third-order valence-corrected chi connectivity index (χ3v) is 4.41. The van der Waals surface area contributed by atoms with Crippen molar-refractivity contribution in [3.63, 3.8) is 0 Å². The molecule has 0 unspecified atom stereocenters. The average molecular weight is 348 g/mol. The molecule has 2 rings (SSSR count). The summed E-state index contributed by atoms with van der Waals surface area (Å²) in [6.07, 6.45) is 6.77. The molecule has 2 atom stereocenters. The summed E-state index contributed by atoms with van der Waals surface area (Å²) in [5, 5.41) is 0. The van der Waals surface area contributed by atoms with Gasteiger partial charge in [-0.1, -0.05) is 6.07 Å². The predicted molar refractivity (Wildman–Crippen MR) is 98.4 cm³/mol. The SMILES string of the molecule is C[C@H](OCCC[C@@H]1CCCCN1C(=O)OC(C)(C)C)c1ccccn1. The van der Waals surface area contributed by atoms with Gasteiger partial charge >= 0.3 is 6.09 Å². The first-order chi connectivity index (χ1) is 11.9. The first-order valence-electron chi connectivity index (χ1n) is 9.39. The second-order valence-electron chi connectivity index (χ2n) is 7.73. The Morgan fingerprint density at radius 1 is 1.36 bits per heavy atom. The van der Waals surface area contributed by atoms with Crippen molar-refractivity contribution in [2.45, 2.75) is 77.5 Å². The number of rotatable bonds is 6. The van der Waals surface area contributed by atoms with Crippen LogP contribution in [0.4, 0.5) is 4.79 Å². The van der Waals surface area contributed by atoms with E-state index in [1.165, 1.54) is 6.42 Å². The average Bonchev–Trinajstić information content (AvgIpc) is 2.58. The predicted octanol–water partition coefficient (Wildman–Crippen LogP) is 4.73. The van der Waals surface area contributed by atoms with E-state index in [1.54, 1.807) is 6.20 Å². The Balaban J connectivity index is 1.77. The van der Waals surface area contributed by atoms with Crippen LogP contribution in [0, 0.1) is 0 Å². The number of likely N-dealkylation sites (tertiary alicyclic amines) is 1. The Morgan fingerprint density at radius 3 is 2.84 bits per heavy atom. The van der Waals surface area contributed by atoms with Crippen LogP contribution in [-0.4, -0.2) is 40.8 Å². The lowest BCUT2D eigenvalue weighted by Gasteiger charge is -2.37. The van der Waals surface area contributed by atoms with Gasteiger partial charge in [0.15, 0.2) is 0 Å². The van der Waals surface area contributed by atoms with Crippen LogP contribution in [-0.2, 0) is 9.47 Å².